The third-order valence-electron chi connectivity index (χ3n) is 3.18. The predicted molar refractivity (Wildman–Crippen MR) is 73.0 cm³/mol. The number of likely N-dealkylation sites (N-methyl/N-ethyl adjacent to an activating group) is 2. The lowest BCUT2D eigenvalue weighted by Crippen LogP contribution is -2.45. The Balaban J connectivity index is 4.03. The molecule has 0 amide bonds. The highest BCUT2D eigenvalue weighted by Gasteiger charge is 2.18. The highest BCUT2D eigenvalue weighted by Crippen LogP contribution is 2.10. The topological polar surface area (TPSA) is 18.5 Å². The van der Waals surface area contributed by atoms with Gasteiger partial charge in [-0.05, 0) is 60.9 Å². The molecule has 1 N–H and O–H groups in total. The molecule has 0 aliphatic heterocycles. The van der Waals surface area contributed by atoms with E-state index in [-0.39, 0.29) is 0 Å². The van der Waals surface area contributed by atoms with E-state index in [2.05, 4.69) is 50.0 Å². The van der Waals surface area contributed by atoms with Crippen molar-refractivity contribution >= 4 is 0 Å². The zero-order valence-corrected chi connectivity index (χ0v) is 12.1. The highest BCUT2D eigenvalue weighted by atomic mass is 15.2. The zero-order chi connectivity index (χ0) is 12.6. The van der Waals surface area contributed by atoms with Gasteiger partial charge in [-0.3, -0.25) is 4.90 Å². The molecule has 2 atom stereocenters. The Morgan fingerprint density at radius 1 is 1.12 bits per heavy atom. The molecule has 0 rings (SSSR count). The van der Waals surface area contributed by atoms with E-state index in [0.717, 1.165) is 19.6 Å². The lowest BCUT2D eigenvalue weighted by Gasteiger charge is -2.35. The summed E-state index contributed by atoms with van der Waals surface area (Å²) in [6.07, 6.45) is 2.55. The van der Waals surface area contributed by atoms with Crippen LogP contribution in [0.5, 0.6) is 0 Å². The molecule has 0 aromatic rings. The summed E-state index contributed by atoms with van der Waals surface area (Å²) in [5, 5.41) is 3.21. The molecule has 0 aromatic carbocycles. The van der Waals surface area contributed by atoms with Gasteiger partial charge in [-0.25, -0.2) is 0 Å². The van der Waals surface area contributed by atoms with Crippen molar-refractivity contribution in [2.45, 2.75) is 45.7 Å². The second-order valence-corrected chi connectivity index (χ2v) is 5.04. The van der Waals surface area contributed by atoms with Gasteiger partial charge in [0.1, 0.15) is 0 Å². The van der Waals surface area contributed by atoms with Crippen LogP contribution < -0.4 is 5.32 Å². The number of nitrogens with zero attached hydrogens (tertiary/aromatic N) is 2. The summed E-state index contributed by atoms with van der Waals surface area (Å²) in [6.45, 7) is 10.4. The normalized spacial score (nSPS) is 15.8. The summed E-state index contributed by atoms with van der Waals surface area (Å²) in [6, 6.07) is 1.33. The van der Waals surface area contributed by atoms with Crippen molar-refractivity contribution in [3.63, 3.8) is 0 Å². The first-order valence-electron chi connectivity index (χ1n) is 6.58. The molecule has 0 saturated carbocycles. The third kappa shape index (κ3) is 6.46. The zero-order valence-electron chi connectivity index (χ0n) is 12.1. The molecule has 3 nitrogen and oxygen atoms in total. The molecule has 0 saturated heterocycles. The summed E-state index contributed by atoms with van der Waals surface area (Å²) in [4.78, 5) is 4.88. The maximum atomic E-state index is 3.21. The van der Waals surface area contributed by atoms with E-state index in [0.29, 0.717) is 12.1 Å². The minimum absolute atomic E-state index is 0.643. The van der Waals surface area contributed by atoms with Gasteiger partial charge in [0.25, 0.3) is 0 Å². The molecule has 0 fully saturated rings. The van der Waals surface area contributed by atoms with Crippen LogP contribution in [0.25, 0.3) is 0 Å². The second kappa shape index (κ2) is 8.97. The van der Waals surface area contributed by atoms with Gasteiger partial charge in [0, 0.05) is 18.6 Å². The van der Waals surface area contributed by atoms with Crippen LogP contribution in [0.1, 0.15) is 33.6 Å². The smallest absolute Gasteiger partial charge is 0.0197 e. The summed E-state index contributed by atoms with van der Waals surface area (Å²) in [7, 11) is 6.32. The van der Waals surface area contributed by atoms with Crippen LogP contribution in [0.2, 0.25) is 0 Å². The Kier molecular flexibility index (Phi) is 8.90. The molecule has 0 aromatic heterocycles. The third-order valence-corrected chi connectivity index (χ3v) is 3.18. The van der Waals surface area contributed by atoms with Gasteiger partial charge in [-0.1, -0.05) is 6.92 Å². The number of rotatable bonds is 9. The van der Waals surface area contributed by atoms with Crippen LogP contribution in [0.4, 0.5) is 0 Å². The fourth-order valence-corrected chi connectivity index (χ4v) is 2.43. The first kappa shape index (κ1) is 15.9. The van der Waals surface area contributed by atoms with Crippen molar-refractivity contribution < 1.29 is 0 Å². The lowest BCUT2D eigenvalue weighted by molar-refractivity contribution is 0.129. The molecular weight excluding hydrogens is 198 g/mol. The minimum atomic E-state index is 0.643. The van der Waals surface area contributed by atoms with Crippen molar-refractivity contribution in [3.8, 4) is 0 Å². The fourth-order valence-electron chi connectivity index (χ4n) is 2.43. The molecule has 0 aliphatic carbocycles. The molecule has 98 valence electrons. The number of nitrogens with one attached hydrogen (secondary N) is 1. The van der Waals surface area contributed by atoms with Gasteiger partial charge < -0.3 is 10.2 Å². The average Bonchev–Trinajstić information content (AvgIpc) is 2.18. The average molecular weight is 229 g/mol. The quantitative estimate of drug-likeness (QED) is 0.607. The number of hydrogen-bond acceptors (Lipinski definition) is 3. The molecule has 0 spiro atoms. The Bertz CT molecular complexity index is 159. The first-order chi connectivity index (χ1) is 7.52. The minimum Gasteiger partial charge on any atom is -0.320 e. The van der Waals surface area contributed by atoms with Crippen molar-refractivity contribution in [1.82, 2.24) is 15.1 Å². The van der Waals surface area contributed by atoms with Crippen LogP contribution in [-0.2, 0) is 0 Å². The SMILES string of the molecule is CCN(C(C)CCCNC)C(C)CN(C)C. The largest absolute Gasteiger partial charge is 0.320 e. The Morgan fingerprint density at radius 3 is 2.19 bits per heavy atom. The van der Waals surface area contributed by atoms with E-state index in [9.17, 15) is 0 Å². The van der Waals surface area contributed by atoms with Crippen molar-refractivity contribution in [3.05, 3.63) is 0 Å². The van der Waals surface area contributed by atoms with Gasteiger partial charge in [0.15, 0.2) is 0 Å². The lowest BCUT2D eigenvalue weighted by atomic mass is 10.1. The Labute approximate surface area is 102 Å². The molecule has 16 heavy (non-hydrogen) atoms. The summed E-state index contributed by atoms with van der Waals surface area (Å²) in [5.41, 5.74) is 0. The standard InChI is InChI=1S/C13H31N3/c1-7-16(13(3)11-15(5)6)12(2)9-8-10-14-4/h12-14H,7-11H2,1-6H3. The highest BCUT2D eigenvalue weighted by molar-refractivity contribution is 4.74. The summed E-state index contributed by atoms with van der Waals surface area (Å²) < 4.78 is 0. The monoisotopic (exact) mass is 229 g/mol. The van der Waals surface area contributed by atoms with E-state index in [1.165, 1.54) is 12.8 Å². The Hall–Kier alpha value is -0.120. The number of hydrogen-bond donors (Lipinski definition) is 1. The molecule has 0 radical (unpaired) electrons. The van der Waals surface area contributed by atoms with E-state index in [1.807, 2.05) is 7.05 Å². The van der Waals surface area contributed by atoms with Crippen molar-refractivity contribution in [2.24, 2.45) is 0 Å². The molecule has 0 heterocycles. The molecule has 0 bridgehead atoms. The molecule has 3 heteroatoms. The van der Waals surface area contributed by atoms with E-state index >= 15 is 0 Å². The van der Waals surface area contributed by atoms with E-state index < -0.39 is 0 Å². The van der Waals surface area contributed by atoms with E-state index in [4.69, 9.17) is 0 Å². The van der Waals surface area contributed by atoms with Crippen LogP contribution in [0.3, 0.4) is 0 Å². The van der Waals surface area contributed by atoms with Gasteiger partial charge in [-0.2, -0.15) is 0 Å². The molecule has 2 unspecified atom stereocenters. The Morgan fingerprint density at radius 2 is 1.75 bits per heavy atom. The maximum Gasteiger partial charge on any atom is 0.0197 e. The van der Waals surface area contributed by atoms with Gasteiger partial charge in [0.05, 0.1) is 0 Å². The summed E-state index contributed by atoms with van der Waals surface area (Å²) >= 11 is 0. The summed E-state index contributed by atoms with van der Waals surface area (Å²) in [5.74, 6) is 0. The van der Waals surface area contributed by atoms with Crippen LogP contribution >= 0.6 is 0 Å². The molecule has 0 aliphatic rings. The molecular formula is C13H31N3. The predicted octanol–water partition coefficient (Wildman–Crippen LogP) is 1.65. The van der Waals surface area contributed by atoms with Crippen molar-refractivity contribution in [1.29, 1.82) is 0 Å². The van der Waals surface area contributed by atoms with Gasteiger partial charge in [0.2, 0.25) is 0 Å². The van der Waals surface area contributed by atoms with Crippen LogP contribution in [0, 0.1) is 0 Å². The van der Waals surface area contributed by atoms with Crippen molar-refractivity contribution in [2.75, 3.05) is 40.8 Å². The first-order valence-corrected chi connectivity index (χ1v) is 6.58. The van der Waals surface area contributed by atoms with Gasteiger partial charge >= 0.3 is 0 Å². The fraction of sp³-hybridized carbons (Fsp3) is 1.00. The van der Waals surface area contributed by atoms with E-state index in [1.54, 1.807) is 0 Å². The van der Waals surface area contributed by atoms with Crippen LogP contribution in [-0.4, -0.2) is 62.7 Å². The second-order valence-electron chi connectivity index (χ2n) is 5.04. The van der Waals surface area contributed by atoms with Gasteiger partial charge in [-0.15, -0.1) is 0 Å². The van der Waals surface area contributed by atoms with Crippen LogP contribution in [0.15, 0.2) is 0 Å². The maximum absolute atomic E-state index is 3.21.